The van der Waals surface area contributed by atoms with Gasteiger partial charge in [-0.05, 0) is 54.6 Å². The second-order valence-electron chi connectivity index (χ2n) is 15.7. The predicted octanol–water partition coefficient (Wildman–Crippen LogP) is 3.57. The van der Waals surface area contributed by atoms with Crippen LogP contribution in [0.3, 0.4) is 0 Å². The van der Waals surface area contributed by atoms with Crippen LogP contribution in [-0.2, 0) is 41.9 Å². The second-order valence-corrected chi connectivity index (χ2v) is 15.7. The van der Waals surface area contributed by atoms with Gasteiger partial charge < -0.3 is 36.6 Å². The molecule has 6 atom stereocenters. The Balaban J connectivity index is 2.04. The van der Waals surface area contributed by atoms with Gasteiger partial charge in [-0.2, -0.15) is 0 Å². The normalized spacial score (nSPS) is 14.1. The molecule has 0 saturated carbocycles. The van der Waals surface area contributed by atoms with Crippen LogP contribution in [0.15, 0.2) is 60.7 Å². The standard InChI is InChI=1S/C42H64N8O8/c1-10-28(8)35(40(55)47-34(27(6)7)39(54)43-23-30-17-13-11-14-18-30)48-41(56)50-49-38(53)33(22-26(4)5)46-37(52)32(21-25(2)3)45-36(51)29(9)44-42(57)58-24-31-19-15-12-16-20-31/h11-20,25-29,32-35H,10,21-24H2,1-9H3,(H,43,54)(H,44,57)(H,45,51)(H,46,52)(H,47,55)(H,49,53)(H2,48,50,56)/t28-,29-,32-,33-,34-,35-/m0/s1. The number of urea groups is 1. The van der Waals surface area contributed by atoms with Crippen molar-refractivity contribution in [2.75, 3.05) is 0 Å². The van der Waals surface area contributed by atoms with Crippen molar-refractivity contribution in [3.8, 4) is 0 Å². The van der Waals surface area contributed by atoms with Gasteiger partial charge >= 0.3 is 12.1 Å². The zero-order valence-corrected chi connectivity index (χ0v) is 35.3. The zero-order valence-electron chi connectivity index (χ0n) is 35.3. The number of hydrazine groups is 1. The highest BCUT2D eigenvalue weighted by Crippen LogP contribution is 2.12. The maximum atomic E-state index is 13.6. The molecule has 0 aliphatic carbocycles. The van der Waals surface area contributed by atoms with Crippen LogP contribution in [0.4, 0.5) is 9.59 Å². The first-order chi connectivity index (χ1) is 27.4. The van der Waals surface area contributed by atoms with Crippen molar-refractivity contribution in [3.63, 3.8) is 0 Å². The summed E-state index contributed by atoms with van der Waals surface area (Å²) in [7, 11) is 0. The van der Waals surface area contributed by atoms with Crippen LogP contribution in [0.1, 0.15) is 92.7 Å². The van der Waals surface area contributed by atoms with Crippen LogP contribution in [0.5, 0.6) is 0 Å². The minimum Gasteiger partial charge on any atom is -0.445 e. The van der Waals surface area contributed by atoms with Crippen LogP contribution < -0.4 is 42.8 Å². The lowest BCUT2D eigenvalue weighted by Gasteiger charge is -2.28. The number of alkyl carbamates (subject to hydrolysis) is 1. The van der Waals surface area contributed by atoms with Crippen LogP contribution in [0.25, 0.3) is 0 Å². The van der Waals surface area contributed by atoms with E-state index in [1.807, 2.05) is 83.1 Å². The first-order valence-corrected chi connectivity index (χ1v) is 20.0. The number of hydrogen-bond donors (Lipinski definition) is 8. The van der Waals surface area contributed by atoms with Gasteiger partial charge in [-0.1, -0.05) is 122 Å². The summed E-state index contributed by atoms with van der Waals surface area (Å²) in [5.41, 5.74) is 6.28. The van der Waals surface area contributed by atoms with E-state index < -0.39 is 66.0 Å². The minimum atomic E-state index is -1.11. The number of carbonyl (C=O) groups excluding carboxylic acids is 7. The number of benzene rings is 2. The maximum absolute atomic E-state index is 13.6. The van der Waals surface area contributed by atoms with Crippen molar-refractivity contribution < 1.29 is 38.3 Å². The molecule has 0 unspecified atom stereocenters. The second kappa shape index (κ2) is 24.9. The fourth-order valence-electron chi connectivity index (χ4n) is 5.74. The molecule has 320 valence electrons. The molecule has 16 nitrogen and oxygen atoms in total. The minimum absolute atomic E-state index is 0.0116. The van der Waals surface area contributed by atoms with E-state index in [-0.39, 0.29) is 55.6 Å². The SMILES string of the molecule is CC[C@H](C)[C@H](NC(=O)NNC(=O)[C@H](CC(C)C)NC(=O)[C@H](CC(C)C)NC(=O)[C@H](C)NC(=O)OCc1ccccc1)C(=O)N[C@H](C(=O)NCc1ccccc1)C(C)C. The Morgan fingerprint density at radius 3 is 1.62 bits per heavy atom. The number of amides is 8. The Kier molecular flexibility index (Phi) is 20.8. The van der Waals surface area contributed by atoms with E-state index in [4.69, 9.17) is 4.74 Å². The Morgan fingerprint density at radius 2 is 1.09 bits per heavy atom. The molecule has 16 heteroatoms. The number of nitrogens with one attached hydrogen (secondary N) is 8. The molecule has 0 heterocycles. The van der Waals surface area contributed by atoms with Crippen molar-refractivity contribution >= 4 is 41.7 Å². The molecule has 0 fully saturated rings. The van der Waals surface area contributed by atoms with Crippen LogP contribution in [-0.4, -0.2) is 71.9 Å². The summed E-state index contributed by atoms with van der Waals surface area (Å²) < 4.78 is 5.20. The number of carbonyl (C=O) groups is 7. The zero-order chi connectivity index (χ0) is 43.4. The molecular formula is C42H64N8O8. The van der Waals surface area contributed by atoms with Gasteiger partial charge in [0.15, 0.2) is 0 Å². The van der Waals surface area contributed by atoms with Crippen molar-refractivity contribution in [2.24, 2.45) is 23.7 Å². The third-order valence-electron chi connectivity index (χ3n) is 9.26. The molecule has 8 N–H and O–H groups in total. The molecule has 8 amide bonds. The molecule has 2 rings (SSSR count). The fraction of sp³-hybridized carbons (Fsp3) is 0.548. The van der Waals surface area contributed by atoms with Crippen LogP contribution in [0, 0.1) is 23.7 Å². The molecule has 0 bridgehead atoms. The third kappa shape index (κ3) is 17.6. The van der Waals surface area contributed by atoms with Gasteiger partial charge in [0, 0.05) is 6.54 Å². The molecule has 0 aliphatic heterocycles. The van der Waals surface area contributed by atoms with E-state index in [0.717, 1.165) is 11.1 Å². The molecule has 2 aromatic carbocycles. The van der Waals surface area contributed by atoms with E-state index in [1.165, 1.54) is 6.92 Å². The maximum Gasteiger partial charge on any atom is 0.408 e. The van der Waals surface area contributed by atoms with Crippen molar-refractivity contribution in [2.45, 2.75) is 125 Å². The smallest absolute Gasteiger partial charge is 0.408 e. The van der Waals surface area contributed by atoms with Gasteiger partial charge in [-0.15, -0.1) is 0 Å². The Bertz CT molecular complexity index is 1640. The summed E-state index contributed by atoms with van der Waals surface area (Å²) in [6.07, 6.45) is 0.126. The van der Waals surface area contributed by atoms with E-state index in [0.29, 0.717) is 6.42 Å². The van der Waals surface area contributed by atoms with E-state index in [9.17, 15) is 33.6 Å². The molecule has 0 spiro atoms. The average molecular weight is 809 g/mol. The third-order valence-corrected chi connectivity index (χ3v) is 9.26. The molecular weight excluding hydrogens is 745 g/mol. The summed E-state index contributed by atoms with van der Waals surface area (Å²) in [4.78, 5) is 92.2. The average Bonchev–Trinajstić information content (AvgIpc) is 3.18. The Hall–Kier alpha value is -5.67. The number of rotatable bonds is 21. The lowest BCUT2D eigenvalue weighted by Crippen LogP contribution is -2.61. The Morgan fingerprint density at radius 1 is 0.552 bits per heavy atom. The van der Waals surface area contributed by atoms with Crippen LogP contribution >= 0.6 is 0 Å². The van der Waals surface area contributed by atoms with Gasteiger partial charge in [0.05, 0.1) is 0 Å². The largest absolute Gasteiger partial charge is 0.445 e. The van der Waals surface area contributed by atoms with Gasteiger partial charge in [0.25, 0.3) is 5.91 Å². The lowest BCUT2D eigenvalue weighted by molar-refractivity contribution is -0.133. The van der Waals surface area contributed by atoms with E-state index >= 15 is 0 Å². The fourth-order valence-corrected chi connectivity index (χ4v) is 5.74. The highest BCUT2D eigenvalue weighted by Gasteiger charge is 2.33. The van der Waals surface area contributed by atoms with Gasteiger partial charge in [0.1, 0.15) is 36.8 Å². The lowest BCUT2D eigenvalue weighted by atomic mass is 9.96. The van der Waals surface area contributed by atoms with E-state index in [1.54, 1.807) is 32.9 Å². The summed E-state index contributed by atoms with van der Waals surface area (Å²) in [5.74, 6) is -3.64. The van der Waals surface area contributed by atoms with Crippen molar-refractivity contribution in [3.05, 3.63) is 71.8 Å². The summed E-state index contributed by atoms with van der Waals surface area (Å²) >= 11 is 0. The number of hydrogen-bond acceptors (Lipinski definition) is 8. The van der Waals surface area contributed by atoms with Gasteiger partial charge in [-0.3, -0.25) is 29.4 Å². The highest BCUT2D eigenvalue weighted by atomic mass is 16.5. The monoisotopic (exact) mass is 808 g/mol. The molecule has 0 saturated heterocycles. The first-order valence-electron chi connectivity index (χ1n) is 20.0. The molecule has 58 heavy (non-hydrogen) atoms. The molecule has 0 aromatic heterocycles. The summed E-state index contributed by atoms with van der Waals surface area (Å²) in [5, 5.41) is 16.1. The highest BCUT2D eigenvalue weighted by molar-refractivity contribution is 5.95. The summed E-state index contributed by atoms with van der Waals surface area (Å²) in [6, 6.07) is 12.4. The Labute approximate surface area is 342 Å². The van der Waals surface area contributed by atoms with Crippen molar-refractivity contribution in [1.29, 1.82) is 0 Å². The first kappa shape index (κ1) is 48.5. The molecule has 2 aromatic rings. The van der Waals surface area contributed by atoms with Crippen molar-refractivity contribution in [1.82, 2.24) is 42.8 Å². The van der Waals surface area contributed by atoms with E-state index in [2.05, 4.69) is 42.8 Å². The van der Waals surface area contributed by atoms with Gasteiger partial charge in [-0.25, -0.2) is 15.0 Å². The number of ether oxygens (including phenoxy) is 1. The molecule has 0 aliphatic rings. The predicted molar refractivity (Wildman–Crippen MR) is 220 cm³/mol. The molecule has 0 radical (unpaired) electrons. The summed E-state index contributed by atoms with van der Waals surface area (Å²) in [6.45, 7) is 16.4. The van der Waals surface area contributed by atoms with Crippen LogP contribution in [0.2, 0.25) is 0 Å². The quantitative estimate of drug-likeness (QED) is 0.0869. The topological polar surface area (TPSA) is 225 Å². The van der Waals surface area contributed by atoms with Gasteiger partial charge in [0.2, 0.25) is 23.6 Å².